The summed E-state index contributed by atoms with van der Waals surface area (Å²) in [6.45, 7) is 4.59. The summed E-state index contributed by atoms with van der Waals surface area (Å²) in [5.41, 5.74) is 9.18. The molecule has 1 saturated heterocycles. The summed E-state index contributed by atoms with van der Waals surface area (Å²) in [5, 5.41) is 13.5. The number of aromatic nitrogens is 3. The van der Waals surface area contributed by atoms with Gasteiger partial charge in [-0.1, -0.05) is 0 Å². The molecule has 0 bridgehead atoms. The third-order valence-corrected chi connectivity index (χ3v) is 5.14. The van der Waals surface area contributed by atoms with Gasteiger partial charge in [0.1, 0.15) is 23.9 Å². The molecule has 1 atom stereocenters. The van der Waals surface area contributed by atoms with Gasteiger partial charge in [0.05, 0.1) is 12.1 Å². The first kappa shape index (κ1) is 19.4. The van der Waals surface area contributed by atoms with Gasteiger partial charge in [0.15, 0.2) is 0 Å². The summed E-state index contributed by atoms with van der Waals surface area (Å²) in [5.74, 6) is 1.24. The smallest absolute Gasteiger partial charge is 0.238 e. The number of piperidine rings is 1. The van der Waals surface area contributed by atoms with Crippen LogP contribution < -0.4 is 15.8 Å². The van der Waals surface area contributed by atoms with Crippen molar-refractivity contribution in [1.82, 2.24) is 19.9 Å². The van der Waals surface area contributed by atoms with Crippen molar-refractivity contribution in [2.75, 3.05) is 37.3 Å². The molecule has 29 heavy (non-hydrogen) atoms. The standard InChI is InChI=1S/C21H26N6O2/c1-14-10-15(22)11-18-19(14)20(25-13-24-18)26-17-5-2-6-23-21(17)29-16-4-3-7-27(12-16)8-9-28/h2,5-6,10-11,13,16,28H,3-4,7-9,12,22H2,1H3,(H,24,25,26)/t16-/m1/s1. The number of β-amino-alcohol motifs (C(OH)–C–C–N with tert-alkyl or cyclic N) is 1. The van der Waals surface area contributed by atoms with E-state index in [1.165, 1.54) is 6.33 Å². The van der Waals surface area contributed by atoms with E-state index in [-0.39, 0.29) is 12.7 Å². The lowest BCUT2D eigenvalue weighted by Gasteiger charge is -2.32. The number of ether oxygens (including phenoxy) is 1. The Morgan fingerprint density at radius 2 is 2.21 bits per heavy atom. The van der Waals surface area contributed by atoms with Gasteiger partial charge in [0.25, 0.3) is 0 Å². The molecule has 2 aromatic heterocycles. The molecule has 3 aromatic rings. The van der Waals surface area contributed by atoms with Crippen LogP contribution in [0.1, 0.15) is 18.4 Å². The van der Waals surface area contributed by atoms with Crippen molar-refractivity contribution in [2.45, 2.75) is 25.9 Å². The summed E-state index contributed by atoms with van der Waals surface area (Å²) in [7, 11) is 0. The van der Waals surface area contributed by atoms with Crippen molar-refractivity contribution in [1.29, 1.82) is 0 Å². The Bertz CT molecular complexity index is 994. The summed E-state index contributed by atoms with van der Waals surface area (Å²) in [6, 6.07) is 7.54. The van der Waals surface area contributed by atoms with E-state index in [1.807, 2.05) is 31.2 Å². The molecule has 0 spiro atoms. The van der Waals surface area contributed by atoms with Gasteiger partial charge >= 0.3 is 0 Å². The number of nitrogens with zero attached hydrogens (tertiary/aromatic N) is 4. The van der Waals surface area contributed by atoms with Gasteiger partial charge in [0.2, 0.25) is 5.88 Å². The molecule has 4 rings (SSSR count). The first-order valence-corrected chi connectivity index (χ1v) is 9.87. The number of aliphatic hydroxyl groups is 1. The molecule has 3 heterocycles. The Kier molecular flexibility index (Phi) is 5.73. The predicted molar refractivity (Wildman–Crippen MR) is 113 cm³/mol. The highest BCUT2D eigenvalue weighted by molar-refractivity contribution is 5.95. The third-order valence-electron chi connectivity index (χ3n) is 5.14. The maximum Gasteiger partial charge on any atom is 0.238 e. The largest absolute Gasteiger partial charge is 0.472 e. The number of nitrogens with two attached hydrogens (primary N) is 1. The number of hydrogen-bond acceptors (Lipinski definition) is 8. The predicted octanol–water partition coefficient (Wildman–Crippen LogP) is 2.49. The first-order chi connectivity index (χ1) is 14.1. The molecule has 4 N–H and O–H groups in total. The molecule has 0 amide bonds. The van der Waals surface area contributed by atoms with Crippen molar-refractivity contribution in [2.24, 2.45) is 0 Å². The number of fused-ring (bicyclic) bond motifs is 1. The van der Waals surface area contributed by atoms with E-state index >= 15 is 0 Å². The number of aryl methyl sites for hydroxylation is 1. The summed E-state index contributed by atoms with van der Waals surface area (Å²) >= 11 is 0. The van der Waals surface area contributed by atoms with Crippen LogP contribution in [0.15, 0.2) is 36.8 Å². The quantitative estimate of drug-likeness (QED) is 0.547. The van der Waals surface area contributed by atoms with Crippen molar-refractivity contribution < 1.29 is 9.84 Å². The first-order valence-electron chi connectivity index (χ1n) is 9.87. The molecule has 0 radical (unpaired) electrons. The van der Waals surface area contributed by atoms with E-state index in [4.69, 9.17) is 10.5 Å². The van der Waals surface area contributed by atoms with Crippen LogP contribution in [0.4, 0.5) is 17.2 Å². The second kappa shape index (κ2) is 8.59. The Balaban J connectivity index is 1.59. The van der Waals surface area contributed by atoms with Gasteiger partial charge in [-0.3, -0.25) is 4.90 Å². The monoisotopic (exact) mass is 394 g/mol. The fraction of sp³-hybridized carbons (Fsp3) is 0.381. The molecular weight excluding hydrogens is 368 g/mol. The van der Waals surface area contributed by atoms with Gasteiger partial charge in [0, 0.05) is 30.4 Å². The van der Waals surface area contributed by atoms with Gasteiger partial charge < -0.3 is 20.9 Å². The lowest BCUT2D eigenvalue weighted by Crippen LogP contribution is -2.42. The normalized spacial score (nSPS) is 17.4. The van der Waals surface area contributed by atoms with Gasteiger partial charge in [-0.15, -0.1) is 0 Å². The van der Waals surface area contributed by atoms with Gasteiger partial charge in [-0.05, 0) is 56.1 Å². The molecule has 1 fully saturated rings. The minimum atomic E-state index is 0.0365. The van der Waals surface area contributed by atoms with Crippen LogP contribution in [0.5, 0.6) is 5.88 Å². The van der Waals surface area contributed by atoms with Crippen LogP contribution in [-0.4, -0.2) is 57.3 Å². The molecule has 1 aromatic carbocycles. The minimum Gasteiger partial charge on any atom is -0.472 e. The molecule has 0 aliphatic carbocycles. The van der Waals surface area contributed by atoms with E-state index in [9.17, 15) is 5.11 Å². The number of aliphatic hydroxyl groups excluding tert-OH is 1. The fourth-order valence-electron chi connectivity index (χ4n) is 3.83. The van der Waals surface area contributed by atoms with Gasteiger partial charge in [-0.25, -0.2) is 15.0 Å². The Morgan fingerprint density at radius 1 is 1.31 bits per heavy atom. The van der Waals surface area contributed by atoms with E-state index in [2.05, 4.69) is 25.2 Å². The van der Waals surface area contributed by atoms with E-state index < -0.39 is 0 Å². The number of hydrogen-bond donors (Lipinski definition) is 3. The summed E-state index contributed by atoms with van der Waals surface area (Å²) in [6.07, 6.45) is 5.28. The number of anilines is 3. The van der Waals surface area contributed by atoms with Crippen LogP contribution in [-0.2, 0) is 0 Å². The SMILES string of the molecule is Cc1cc(N)cc2ncnc(Nc3cccnc3O[C@@H]3CCCN(CCO)C3)c12. The average Bonchev–Trinajstić information content (AvgIpc) is 2.70. The molecule has 8 nitrogen and oxygen atoms in total. The highest BCUT2D eigenvalue weighted by Gasteiger charge is 2.22. The molecule has 8 heteroatoms. The Hall–Kier alpha value is -2.97. The van der Waals surface area contributed by atoms with E-state index in [0.29, 0.717) is 23.9 Å². The zero-order valence-electron chi connectivity index (χ0n) is 16.5. The van der Waals surface area contributed by atoms with Crippen molar-refractivity contribution in [3.8, 4) is 5.88 Å². The second-order valence-corrected chi connectivity index (χ2v) is 7.34. The average molecular weight is 394 g/mol. The van der Waals surface area contributed by atoms with Crippen LogP contribution in [0.25, 0.3) is 10.9 Å². The maximum atomic E-state index is 9.20. The lowest BCUT2D eigenvalue weighted by atomic mass is 10.1. The zero-order chi connectivity index (χ0) is 20.2. The van der Waals surface area contributed by atoms with Crippen molar-refractivity contribution in [3.05, 3.63) is 42.4 Å². The van der Waals surface area contributed by atoms with Crippen LogP contribution in [0, 0.1) is 6.92 Å². The fourth-order valence-corrected chi connectivity index (χ4v) is 3.83. The second-order valence-electron chi connectivity index (χ2n) is 7.34. The Labute approximate surface area is 169 Å². The highest BCUT2D eigenvalue weighted by atomic mass is 16.5. The lowest BCUT2D eigenvalue weighted by molar-refractivity contribution is 0.0743. The summed E-state index contributed by atoms with van der Waals surface area (Å²) in [4.78, 5) is 15.4. The number of nitrogens with one attached hydrogen (secondary N) is 1. The van der Waals surface area contributed by atoms with Crippen LogP contribution >= 0.6 is 0 Å². The van der Waals surface area contributed by atoms with Crippen LogP contribution in [0.3, 0.4) is 0 Å². The van der Waals surface area contributed by atoms with E-state index in [1.54, 1.807) is 6.20 Å². The minimum absolute atomic E-state index is 0.0365. The van der Waals surface area contributed by atoms with Crippen LogP contribution in [0.2, 0.25) is 0 Å². The van der Waals surface area contributed by atoms with Crippen molar-refractivity contribution >= 4 is 28.1 Å². The molecule has 1 aliphatic rings. The molecule has 152 valence electrons. The number of pyridine rings is 1. The third kappa shape index (κ3) is 4.38. The van der Waals surface area contributed by atoms with E-state index in [0.717, 1.165) is 48.1 Å². The maximum absolute atomic E-state index is 9.20. The summed E-state index contributed by atoms with van der Waals surface area (Å²) < 4.78 is 6.24. The van der Waals surface area contributed by atoms with Gasteiger partial charge in [-0.2, -0.15) is 0 Å². The molecule has 1 aliphatic heterocycles. The zero-order valence-corrected chi connectivity index (χ0v) is 16.5. The number of nitrogen functional groups attached to an aromatic ring is 1. The highest BCUT2D eigenvalue weighted by Crippen LogP contribution is 2.31. The number of likely N-dealkylation sites (tertiary alicyclic amines) is 1. The topological polar surface area (TPSA) is 109 Å². The number of rotatable bonds is 6. The number of benzene rings is 1. The molecule has 0 saturated carbocycles. The molecule has 0 unspecified atom stereocenters. The van der Waals surface area contributed by atoms with Crippen molar-refractivity contribution in [3.63, 3.8) is 0 Å². The Morgan fingerprint density at radius 3 is 3.07 bits per heavy atom. The molecular formula is C21H26N6O2.